The van der Waals surface area contributed by atoms with Gasteiger partial charge in [0.25, 0.3) is 0 Å². The number of rotatable bonds is 2. The molecule has 2 rings (SSSR count). The van der Waals surface area contributed by atoms with Crippen molar-refractivity contribution in [3.8, 4) is 0 Å². The molecule has 2 unspecified atom stereocenters. The summed E-state index contributed by atoms with van der Waals surface area (Å²) < 4.78 is 46.1. The van der Waals surface area contributed by atoms with Gasteiger partial charge in [-0.25, -0.2) is 13.2 Å². The van der Waals surface area contributed by atoms with Crippen molar-refractivity contribution in [2.75, 3.05) is 0 Å². The van der Waals surface area contributed by atoms with Crippen molar-refractivity contribution in [3.63, 3.8) is 0 Å². The Morgan fingerprint density at radius 2 is 1.75 bits per heavy atom. The Kier molecular flexibility index (Phi) is 3.63. The molecule has 5 heteroatoms. The van der Waals surface area contributed by atoms with Gasteiger partial charge in [-0.15, -0.1) is 0 Å². The van der Waals surface area contributed by atoms with Crippen LogP contribution in [0.3, 0.4) is 0 Å². The summed E-state index contributed by atoms with van der Waals surface area (Å²) in [7, 11) is 0. The molecule has 0 saturated carbocycles. The molecule has 0 bridgehead atoms. The zero-order chi connectivity index (χ0) is 15.3. The molecule has 2 atom stereocenters. The lowest BCUT2D eigenvalue weighted by Gasteiger charge is -2.31. The summed E-state index contributed by atoms with van der Waals surface area (Å²) in [6.45, 7) is 7.63. The molecule has 112 valence electrons. The van der Waals surface area contributed by atoms with Gasteiger partial charge >= 0.3 is 0 Å². The Labute approximate surface area is 117 Å². The second kappa shape index (κ2) is 4.74. The van der Waals surface area contributed by atoms with E-state index in [-0.39, 0.29) is 17.1 Å². The first kappa shape index (κ1) is 15.3. The summed E-state index contributed by atoms with van der Waals surface area (Å²) in [6, 6.07) is 1.36. The van der Waals surface area contributed by atoms with Crippen molar-refractivity contribution in [2.45, 2.75) is 51.4 Å². The lowest BCUT2D eigenvalue weighted by atomic mass is 9.79. The summed E-state index contributed by atoms with van der Waals surface area (Å²) in [5, 5.41) is 0. The van der Waals surface area contributed by atoms with E-state index in [1.807, 2.05) is 27.7 Å². The normalized spacial score (nSPS) is 25.7. The van der Waals surface area contributed by atoms with Crippen LogP contribution in [0.1, 0.15) is 45.7 Å². The molecule has 0 aromatic heterocycles. The van der Waals surface area contributed by atoms with Gasteiger partial charge in [-0.3, -0.25) is 0 Å². The second-order valence-electron chi connectivity index (χ2n) is 6.57. The van der Waals surface area contributed by atoms with Crippen molar-refractivity contribution in [3.05, 3.63) is 35.1 Å². The van der Waals surface area contributed by atoms with Crippen LogP contribution in [0.15, 0.2) is 12.1 Å². The quantitative estimate of drug-likeness (QED) is 0.842. The molecule has 2 N–H and O–H groups in total. The first-order chi connectivity index (χ1) is 9.05. The molecule has 0 amide bonds. The first-order valence-electron chi connectivity index (χ1n) is 6.64. The van der Waals surface area contributed by atoms with Crippen LogP contribution < -0.4 is 5.73 Å². The van der Waals surface area contributed by atoms with Crippen molar-refractivity contribution in [1.82, 2.24) is 0 Å². The van der Waals surface area contributed by atoms with Gasteiger partial charge < -0.3 is 10.5 Å². The molecule has 1 saturated heterocycles. The van der Waals surface area contributed by atoms with Crippen LogP contribution in [-0.2, 0) is 4.74 Å². The minimum atomic E-state index is -1.48. The van der Waals surface area contributed by atoms with Crippen LogP contribution >= 0.6 is 0 Å². The van der Waals surface area contributed by atoms with Crippen LogP contribution in [0, 0.1) is 23.4 Å². The Morgan fingerprint density at radius 1 is 1.15 bits per heavy atom. The smallest absolute Gasteiger partial charge is 0.194 e. The van der Waals surface area contributed by atoms with Crippen LogP contribution in [-0.4, -0.2) is 11.2 Å². The molecule has 1 aromatic carbocycles. The zero-order valence-corrected chi connectivity index (χ0v) is 12.1. The number of ether oxygens (including phenoxy) is 1. The maximum absolute atomic E-state index is 13.9. The molecule has 1 aromatic rings. The SMILES string of the molecule is CC1(C)CC(C(N)c2ccc(F)c(F)c2F)C(C)(C)O1. The average Bonchev–Trinajstić information content (AvgIpc) is 2.54. The van der Waals surface area contributed by atoms with Gasteiger partial charge in [-0.05, 0) is 40.2 Å². The first-order valence-corrected chi connectivity index (χ1v) is 6.64. The van der Waals surface area contributed by atoms with Gasteiger partial charge in [0.2, 0.25) is 0 Å². The maximum Gasteiger partial charge on any atom is 0.194 e. The maximum atomic E-state index is 13.9. The highest BCUT2D eigenvalue weighted by Gasteiger charge is 2.49. The van der Waals surface area contributed by atoms with Crippen LogP contribution in [0.5, 0.6) is 0 Å². The van der Waals surface area contributed by atoms with Gasteiger partial charge in [0.15, 0.2) is 17.5 Å². The highest BCUT2D eigenvalue weighted by molar-refractivity contribution is 5.25. The number of nitrogens with two attached hydrogens (primary N) is 1. The van der Waals surface area contributed by atoms with E-state index in [0.29, 0.717) is 6.42 Å². The molecule has 20 heavy (non-hydrogen) atoms. The van der Waals surface area contributed by atoms with Gasteiger partial charge in [-0.2, -0.15) is 0 Å². The lowest BCUT2D eigenvalue weighted by Crippen LogP contribution is -2.36. The zero-order valence-electron chi connectivity index (χ0n) is 12.1. The van der Waals surface area contributed by atoms with Gasteiger partial charge in [0.1, 0.15) is 0 Å². The molecule has 1 aliphatic rings. The van der Waals surface area contributed by atoms with E-state index in [2.05, 4.69) is 0 Å². The predicted molar refractivity (Wildman–Crippen MR) is 70.6 cm³/mol. The predicted octanol–water partition coefficient (Wildman–Crippen LogP) is 3.70. The van der Waals surface area contributed by atoms with Crippen LogP contribution in [0.4, 0.5) is 13.2 Å². The minimum absolute atomic E-state index is 0.0109. The third kappa shape index (κ3) is 2.56. The Morgan fingerprint density at radius 3 is 2.25 bits per heavy atom. The van der Waals surface area contributed by atoms with Gasteiger partial charge in [0, 0.05) is 17.5 Å². The van der Waals surface area contributed by atoms with Crippen molar-refractivity contribution in [2.24, 2.45) is 11.7 Å². The van der Waals surface area contributed by atoms with E-state index < -0.39 is 29.1 Å². The fraction of sp³-hybridized carbons (Fsp3) is 0.600. The fourth-order valence-corrected chi connectivity index (χ4v) is 3.18. The van der Waals surface area contributed by atoms with Gasteiger partial charge in [-0.1, -0.05) is 6.07 Å². The van der Waals surface area contributed by atoms with E-state index in [0.717, 1.165) is 6.07 Å². The number of benzene rings is 1. The molecule has 1 aliphatic heterocycles. The lowest BCUT2D eigenvalue weighted by molar-refractivity contribution is -0.0768. The summed E-state index contributed by atoms with van der Waals surface area (Å²) in [6.07, 6.45) is 0.625. The van der Waals surface area contributed by atoms with Crippen molar-refractivity contribution >= 4 is 0 Å². The highest BCUT2D eigenvalue weighted by atomic mass is 19.2. The molecular weight excluding hydrogens is 267 g/mol. The Hall–Kier alpha value is -1.07. The summed E-state index contributed by atoms with van der Waals surface area (Å²) in [4.78, 5) is 0. The third-order valence-corrected chi connectivity index (χ3v) is 4.00. The number of halogens is 3. The van der Waals surface area contributed by atoms with Gasteiger partial charge in [0.05, 0.1) is 11.2 Å². The number of hydrogen-bond donors (Lipinski definition) is 1. The van der Waals surface area contributed by atoms with E-state index in [4.69, 9.17) is 10.5 Å². The van der Waals surface area contributed by atoms with E-state index in [1.165, 1.54) is 6.07 Å². The van der Waals surface area contributed by atoms with Crippen molar-refractivity contribution in [1.29, 1.82) is 0 Å². The summed E-state index contributed by atoms with van der Waals surface area (Å²) in [5.74, 6) is -4.08. The largest absolute Gasteiger partial charge is 0.369 e. The Balaban J connectivity index is 2.37. The summed E-state index contributed by atoms with van der Waals surface area (Å²) >= 11 is 0. The monoisotopic (exact) mass is 287 g/mol. The van der Waals surface area contributed by atoms with E-state index in [9.17, 15) is 13.2 Å². The van der Waals surface area contributed by atoms with Crippen LogP contribution in [0.2, 0.25) is 0 Å². The topological polar surface area (TPSA) is 35.2 Å². The third-order valence-electron chi connectivity index (χ3n) is 4.00. The van der Waals surface area contributed by atoms with E-state index in [1.54, 1.807) is 0 Å². The second-order valence-corrected chi connectivity index (χ2v) is 6.57. The average molecular weight is 287 g/mol. The molecule has 1 heterocycles. The van der Waals surface area contributed by atoms with E-state index >= 15 is 0 Å². The standard InChI is InChI=1S/C15H20F3NO/c1-14(2)7-9(15(3,4)20-14)13(19)8-5-6-10(16)12(18)11(8)17/h5-6,9,13H,7,19H2,1-4H3. The van der Waals surface area contributed by atoms with Crippen LogP contribution in [0.25, 0.3) is 0 Å². The summed E-state index contributed by atoms with van der Waals surface area (Å²) in [5.41, 5.74) is 5.17. The molecule has 0 spiro atoms. The molecule has 1 fully saturated rings. The number of hydrogen-bond acceptors (Lipinski definition) is 2. The highest BCUT2D eigenvalue weighted by Crippen LogP contribution is 2.47. The molecule has 2 nitrogen and oxygen atoms in total. The molecule has 0 radical (unpaired) electrons. The molecular formula is C15H20F3NO. The fourth-order valence-electron chi connectivity index (χ4n) is 3.18. The Bertz CT molecular complexity index is 528. The van der Waals surface area contributed by atoms with Crippen molar-refractivity contribution < 1.29 is 17.9 Å². The minimum Gasteiger partial charge on any atom is -0.369 e. The molecule has 0 aliphatic carbocycles.